The van der Waals surface area contributed by atoms with Gasteiger partial charge in [0.15, 0.2) is 6.29 Å². The molecule has 0 spiro atoms. The van der Waals surface area contributed by atoms with Crippen LogP contribution in [-0.2, 0) is 6.42 Å². The van der Waals surface area contributed by atoms with Crippen LogP contribution in [0.1, 0.15) is 5.56 Å². The Morgan fingerprint density at radius 1 is 1.31 bits per heavy atom. The van der Waals surface area contributed by atoms with Crippen LogP contribution in [0.2, 0.25) is 0 Å². The second kappa shape index (κ2) is 3.97. The first-order valence-corrected chi connectivity index (χ1v) is 3.69. The largest absolute Gasteiger partial charge is 0.368 e. The van der Waals surface area contributed by atoms with Crippen LogP contribution in [-0.4, -0.2) is 21.4 Å². The standard InChI is InChI=1S/C8H9NO4/c10-8(11)5-6-1-3-7(4-2-6)9(12)13/h1-4,8,10-11H,5H2. The molecule has 0 bridgehead atoms. The molecule has 0 aromatic heterocycles. The number of hydrogen-bond acceptors (Lipinski definition) is 4. The molecule has 0 radical (unpaired) electrons. The number of non-ortho nitro benzene ring substituents is 1. The monoisotopic (exact) mass is 183 g/mol. The summed E-state index contributed by atoms with van der Waals surface area (Å²) < 4.78 is 0. The van der Waals surface area contributed by atoms with E-state index in [-0.39, 0.29) is 12.1 Å². The highest BCUT2D eigenvalue weighted by Gasteiger charge is 2.05. The molecular weight excluding hydrogens is 174 g/mol. The minimum absolute atomic E-state index is 0.00354. The summed E-state index contributed by atoms with van der Waals surface area (Å²) in [6.45, 7) is 0. The van der Waals surface area contributed by atoms with Crippen molar-refractivity contribution in [1.29, 1.82) is 0 Å². The lowest BCUT2D eigenvalue weighted by atomic mass is 10.1. The zero-order valence-corrected chi connectivity index (χ0v) is 6.75. The van der Waals surface area contributed by atoms with Crippen molar-refractivity contribution >= 4 is 5.69 Å². The summed E-state index contributed by atoms with van der Waals surface area (Å²) in [7, 11) is 0. The molecule has 2 N–H and O–H groups in total. The molecule has 0 saturated carbocycles. The van der Waals surface area contributed by atoms with Gasteiger partial charge in [0.25, 0.3) is 5.69 Å². The van der Waals surface area contributed by atoms with E-state index >= 15 is 0 Å². The fraction of sp³-hybridized carbons (Fsp3) is 0.250. The van der Waals surface area contributed by atoms with Crippen molar-refractivity contribution in [3.63, 3.8) is 0 Å². The van der Waals surface area contributed by atoms with Gasteiger partial charge in [0.2, 0.25) is 0 Å². The minimum Gasteiger partial charge on any atom is -0.368 e. The maximum atomic E-state index is 10.2. The summed E-state index contributed by atoms with van der Waals surface area (Å²) in [4.78, 5) is 9.74. The van der Waals surface area contributed by atoms with Gasteiger partial charge in [-0.25, -0.2) is 0 Å². The van der Waals surface area contributed by atoms with Crippen LogP contribution < -0.4 is 0 Å². The summed E-state index contributed by atoms with van der Waals surface area (Å²) in [5.74, 6) is 0. The second-order valence-electron chi connectivity index (χ2n) is 2.61. The number of nitrogens with zero attached hydrogens (tertiary/aromatic N) is 1. The van der Waals surface area contributed by atoms with Gasteiger partial charge in [-0.15, -0.1) is 0 Å². The van der Waals surface area contributed by atoms with E-state index in [0.717, 1.165) is 0 Å². The fourth-order valence-corrected chi connectivity index (χ4v) is 0.965. The van der Waals surface area contributed by atoms with Gasteiger partial charge < -0.3 is 10.2 Å². The summed E-state index contributed by atoms with van der Waals surface area (Å²) in [6.07, 6.45) is -1.33. The van der Waals surface area contributed by atoms with Crippen molar-refractivity contribution in [2.75, 3.05) is 0 Å². The van der Waals surface area contributed by atoms with E-state index < -0.39 is 11.2 Å². The predicted molar refractivity (Wildman–Crippen MR) is 45.0 cm³/mol. The molecule has 0 unspecified atom stereocenters. The highest BCUT2D eigenvalue weighted by molar-refractivity contribution is 5.32. The number of nitro groups is 1. The van der Waals surface area contributed by atoms with Crippen LogP contribution in [0.15, 0.2) is 24.3 Å². The van der Waals surface area contributed by atoms with Gasteiger partial charge in [0.1, 0.15) is 0 Å². The number of aliphatic hydroxyl groups is 2. The SMILES string of the molecule is O=[N+]([O-])c1ccc(CC(O)O)cc1. The first kappa shape index (κ1) is 9.63. The Morgan fingerprint density at radius 2 is 1.85 bits per heavy atom. The summed E-state index contributed by atoms with van der Waals surface area (Å²) in [5.41, 5.74) is 0.650. The first-order chi connectivity index (χ1) is 6.09. The normalized spacial score (nSPS) is 10.4. The molecule has 0 aliphatic heterocycles. The first-order valence-electron chi connectivity index (χ1n) is 3.69. The van der Waals surface area contributed by atoms with Crippen molar-refractivity contribution < 1.29 is 15.1 Å². The zero-order valence-electron chi connectivity index (χ0n) is 6.75. The van der Waals surface area contributed by atoms with Gasteiger partial charge in [0, 0.05) is 18.6 Å². The molecule has 0 amide bonds. The summed E-state index contributed by atoms with van der Waals surface area (Å²) in [5, 5.41) is 27.5. The van der Waals surface area contributed by atoms with Crippen molar-refractivity contribution in [2.45, 2.75) is 12.7 Å². The molecule has 1 aromatic carbocycles. The molecule has 0 aliphatic carbocycles. The van der Waals surface area contributed by atoms with Crippen molar-refractivity contribution in [1.82, 2.24) is 0 Å². The van der Waals surface area contributed by atoms with E-state index in [9.17, 15) is 10.1 Å². The van der Waals surface area contributed by atoms with Crippen molar-refractivity contribution in [3.8, 4) is 0 Å². The molecule has 0 heterocycles. The lowest BCUT2D eigenvalue weighted by molar-refractivity contribution is -0.384. The van der Waals surface area contributed by atoms with Gasteiger partial charge in [-0.2, -0.15) is 0 Å². The topological polar surface area (TPSA) is 83.6 Å². The average molecular weight is 183 g/mol. The Morgan fingerprint density at radius 3 is 2.23 bits per heavy atom. The zero-order chi connectivity index (χ0) is 9.84. The maximum Gasteiger partial charge on any atom is 0.269 e. The lowest BCUT2D eigenvalue weighted by Crippen LogP contribution is -2.07. The Hall–Kier alpha value is -1.46. The van der Waals surface area contributed by atoms with Crippen LogP contribution in [0.3, 0.4) is 0 Å². The van der Waals surface area contributed by atoms with E-state index in [4.69, 9.17) is 10.2 Å². The highest BCUT2D eigenvalue weighted by atomic mass is 16.6. The molecule has 0 aliphatic rings. The van der Waals surface area contributed by atoms with Gasteiger partial charge >= 0.3 is 0 Å². The Labute approximate surface area is 74.4 Å². The fourth-order valence-electron chi connectivity index (χ4n) is 0.965. The number of hydrogen-bond donors (Lipinski definition) is 2. The average Bonchev–Trinajstić information content (AvgIpc) is 2.04. The molecule has 0 fully saturated rings. The quantitative estimate of drug-likeness (QED) is 0.404. The van der Waals surface area contributed by atoms with Crippen molar-refractivity contribution in [2.24, 2.45) is 0 Å². The maximum absolute atomic E-state index is 10.2. The molecule has 70 valence electrons. The molecule has 1 aromatic rings. The number of nitro benzene ring substituents is 1. The lowest BCUT2D eigenvalue weighted by Gasteiger charge is -2.02. The van der Waals surface area contributed by atoms with E-state index in [1.807, 2.05) is 0 Å². The third-order valence-corrected chi connectivity index (χ3v) is 1.57. The van der Waals surface area contributed by atoms with Gasteiger partial charge in [-0.1, -0.05) is 12.1 Å². The molecule has 0 saturated heterocycles. The van der Waals surface area contributed by atoms with Gasteiger partial charge in [0.05, 0.1) is 4.92 Å². The van der Waals surface area contributed by atoms with E-state index in [0.29, 0.717) is 5.56 Å². The summed E-state index contributed by atoms with van der Waals surface area (Å²) in [6, 6.07) is 5.66. The third kappa shape index (κ3) is 2.81. The molecule has 0 atom stereocenters. The van der Waals surface area contributed by atoms with E-state index in [1.165, 1.54) is 24.3 Å². The van der Waals surface area contributed by atoms with E-state index in [2.05, 4.69) is 0 Å². The molecule has 5 heteroatoms. The van der Waals surface area contributed by atoms with Crippen LogP contribution in [0.4, 0.5) is 5.69 Å². The Balaban J connectivity index is 2.75. The van der Waals surface area contributed by atoms with Gasteiger partial charge in [-0.05, 0) is 5.56 Å². The highest BCUT2D eigenvalue weighted by Crippen LogP contribution is 2.12. The summed E-state index contributed by atoms with van der Waals surface area (Å²) >= 11 is 0. The number of benzene rings is 1. The van der Waals surface area contributed by atoms with Crippen LogP contribution in [0.25, 0.3) is 0 Å². The Kier molecular flexibility index (Phi) is 2.94. The number of aliphatic hydroxyl groups excluding tert-OH is 1. The minimum atomic E-state index is -1.42. The number of rotatable bonds is 3. The van der Waals surface area contributed by atoms with Gasteiger partial charge in [-0.3, -0.25) is 10.1 Å². The molecular formula is C8H9NO4. The molecule has 5 nitrogen and oxygen atoms in total. The Bertz CT molecular complexity index is 294. The molecule has 13 heavy (non-hydrogen) atoms. The predicted octanol–water partition coefficient (Wildman–Crippen LogP) is 0.448. The molecule has 1 rings (SSSR count). The van der Waals surface area contributed by atoms with E-state index in [1.54, 1.807) is 0 Å². The van der Waals surface area contributed by atoms with Crippen LogP contribution in [0.5, 0.6) is 0 Å². The van der Waals surface area contributed by atoms with Crippen LogP contribution in [0, 0.1) is 10.1 Å². The smallest absolute Gasteiger partial charge is 0.269 e. The second-order valence-corrected chi connectivity index (χ2v) is 2.61. The van der Waals surface area contributed by atoms with Crippen molar-refractivity contribution in [3.05, 3.63) is 39.9 Å². The third-order valence-electron chi connectivity index (χ3n) is 1.57. The van der Waals surface area contributed by atoms with Crippen LogP contribution >= 0.6 is 0 Å².